The second-order valence-electron chi connectivity index (χ2n) is 6.83. The molecule has 0 aromatic heterocycles. The number of methoxy groups -OCH3 is 4. The van der Waals surface area contributed by atoms with Gasteiger partial charge in [-0.05, 0) is 24.0 Å². The highest BCUT2D eigenvalue weighted by molar-refractivity contribution is 8.03. The van der Waals surface area contributed by atoms with Crippen LogP contribution in [-0.2, 0) is 51.0 Å². The molecule has 0 N–H and O–H groups in total. The Bertz CT molecular complexity index is 813. The van der Waals surface area contributed by atoms with Crippen LogP contribution < -0.4 is 0 Å². The van der Waals surface area contributed by atoms with E-state index >= 15 is 0 Å². The zero-order chi connectivity index (χ0) is 22.0. The Morgan fingerprint density at radius 1 is 0.667 bits per heavy atom. The third kappa shape index (κ3) is 4.02. The quantitative estimate of drug-likeness (QED) is 0.492. The average molecular weight is 455 g/mol. The molecule has 1 aromatic rings. The minimum atomic E-state index is -0.767. The van der Waals surface area contributed by atoms with Crippen molar-refractivity contribution in [2.45, 2.75) is 33.1 Å². The molecule has 8 nitrogen and oxygen atoms in total. The predicted molar refractivity (Wildman–Crippen MR) is 108 cm³/mol. The van der Waals surface area contributed by atoms with Gasteiger partial charge in [-0.15, -0.1) is 23.5 Å². The number of hydrogen-bond acceptors (Lipinski definition) is 10. The lowest BCUT2D eigenvalue weighted by Crippen LogP contribution is -2.40. The molecule has 3 rings (SSSR count). The first kappa shape index (κ1) is 22.5. The molecule has 0 saturated heterocycles. The van der Waals surface area contributed by atoms with Gasteiger partial charge in [0.1, 0.15) is 10.5 Å². The molecular weight excluding hydrogens is 432 g/mol. The van der Waals surface area contributed by atoms with E-state index in [-0.39, 0.29) is 0 Å². The molecule has 2 aliphatic rings. The first-order chi connectivity index (χ1) is 14.4. The fourth-order valence-electron chi connectivity index (χ4n) is 3.70. The molecule has 4 atom stereocenters. The van der Waals surface area contributed by atoms with Gasteiger partial charge in [-0.3, -0.25) is 19.2 Å². The summed E-state index contributed by atoms with van der Waals surface area (Å²) in [6.07, 6.45) is 0.623. The second kappa shape index (κ2) is 9.30. The lowest BCUT2D eigenvalue weighted by molar-refractivity contribution is -0.151. The van der Waals surface area contributed by atoms with Gasteiger partial charge < -0.3 is 18.9 Å². The van der Waals surface area contributed by atoms with E-state index in [1.807, 2.05) is 12.1 Å². The molecule has 1 aromatic carbocycles. The van der Waals surface area contributed by atoms with Crippen LogP contribution in [0.2, 0.25) is 0 Å². The van der Waals surface area contributed by atoms with E-state index in [0.717, 1.165) is 20.9 Å². The first-order valence-electron chi connectivity index (χ1n) is 9.15. The zero-order valence-electron chi connectivity index (χ0n) is 17.0. The van der Waals surface area contributed by atoms with Gasteiger partial charge in [0.2, 0.25) is 0 Å². The van der Waals surface area contributed by atoms with Crippen LogP contribution in [-0.4, -0.2) is 62.8 Å². The van der Waals surface area contributed by atoms with E-state index in [9.17, 15) is 19.2 Å². The van der Waals surface area contributed by atoms with Gasteiger partial charge in [0, 0.05) is 9.79 Å². The van der Waals surface area contributed by atoms with Crippen molar-refractivity contribution in [3.63, 3.8) is 0 Å². The minimum absolute atomic E-state index is 0.311. The fraction of sp³-hybridized carbons (Fsp3) is 0.500. The van der Waals surface area contributed by atoms with Gasteiger partial charge in [-0.2, -0.15) is 0 Å². The molecule has 30 heavy (non-hydrogen) atoms. The Balaban J connectivity index is 2.04. The van der Waals surface area contributed by atoms with Gasteiger partial charge in [-0.1, -0.05) is 12.1 Å². The Morgan fingerprint density at radius 3 is 1.30 bits per heavy atom. The number of thioether (sulfide) groups is 2. The zero-order valence-corrected chi connectivity index (χ0v) is 18.6. The van der Waals surface area contributed by atoms with Gasteiger partial charge in [0.25, 0.3) is 0 Å². The van der Waals surface area contributed by atoms with E-state index in [4.69, 9.17) is 18.9 Å². The number of hydrogen-bond donors (Lipinski definition) is 0. The van der Waals surface area contributed by atoms with Crippen molar-refractivity contribution in [2.75, 3.05) is 28.4 Å². The van der Waals surface area contributed by atoms with E-state index < -0.39 is 46.2 Å². The van der Waals surface area contributed by atoms with Crippen molar-refractivity contribution in [3.8, 4) is 0 Å². The SMILES string of the molecule is COC(=O)C1Cc2ccc3c(c2SC1C(=O)OC)SC(C(=O)OC)C(C(=O)OC)C3. The summed E-state index contributed by atoms with van der Waals surface area (Å²) < 4.78 is 19.6. The van der Waals surface area contributed by atoms with E-state index in [0.29, 0.717) is 12.8 Å². The van der Waals surface area contributed by atoms with Crippen LogP contribution in [0, 0.1) is 11.8 Å². The van der Waals surface area contributed by atoms with E-state index in [1.54, 1.807) is 0 Å². The van der Waals surface area contributed by atoms with Gasteiger partial charge in [-0.25, -0.2) is 0 Å². The molecule has 0 fully saturated rings. The maximum Gasteiger partial charge on any atom is 0.320 e. The lowest BCUT2D eigenvalue weighted by atomic mass is 9.91. The number of fused-ring (bicyclic) bond motifs is 3. The van der Waals surface area contributed by atoms with Crippen molar-refractivity contribution in [3.05, 3.63) is 23.3 Å². The summed E-state index contributed by atoms with van der Waals surface area (Å²) in [6, 6.07) is 3.77. The molecule has 0 saturated carbocycles. The van der Waals surface area contributed by atoms with Crippen molar-refractivity contribution in [1.29, 1.82) is 0 Å². The number of benzene rings is 1. The number of esters is 4. The Kier molecular flexibility index (Phi) is 6.97. The number of carbonyl (C=O) groups is 4. The van der Waals surface area contributed by atoms with Crippen LogP contribution in [0.15, 0.2) is 21.9 Å². The smallest absolute Gasteiger partial charge is 0.320 e. The monoisotopic (exact) mass is 454 g/mol. The number of carbonyl (C=O) groups excluding carboxylic acids is 4. The summed E-state index contributed by atoms with van der Waals surface area (Å²) in [5, 5.41) is -1.53. The summed E-state index contributed by atoms with van der Waals surface area (Å²) in [4.78, 5) is 50.9. The predicted octanol–water partition coefficient (Wildman–Crippen LogP) is 1.64. The third-order valence-corrected chi connectivity index (χ3v) is 8.33. The maximum absolute atomic E-state index is 12.4. The van der Waals surface area contributed by atoms with Crippen LogP contribution in [0.5, 0.6) is 0 Å². The Labute approximate surface area is 182 Å². The van der Waals surface area contributed by atoms with Gasteiger partial charge in [0.05, 0.1) is 40.3 Å². The highest BCUT2D eigenvalue weighted by Gasteiger charge is 2.45. The van der Waals surface area contributed by atoms with Crippen molar-refractivity contribution in [2.24, 2.45) is 11.8 Å². The lowest BCUT2D eigenvalue weighted by Gasteiger charge is -2.34. The Hall–Kier alpha value is -2.20. The Morgan fingerprint density at radius 2 is 1.00 bits per heavy atom. The first-order valence-corrected chi connectivity index (χ1v) is 10.9. The largest absolute Gasteiger partial charge is 0.469 e. The normalized spacial score (nSPS) is 24.7. The third-order valence-electron chi connectivity index (χ3n) is 5.25. The summed E-state index contributed by atoms with van der Waals surface area (Å²) in [5.74, 6) is -3.34. The maximum atomic E-state index is 12.4. The van der Waals surface area contributed by atoms with Crippen molar-refractivity contribution < 1.29 is 38.1 Å². The summed E-state index contributed by atoms with van der Waals surface area (Å²) in [6.45, 7) is 0. The summed E-state index contributed by atoms with van der Waals surface area (Å²) >= 11 is 2.46. The van der Waals surface area contributed by atoms with Crippen LogP contribution in [0.1, 0.15) is 11.1 Å². The van der Waals surface area contributed by atoms with Crippen LogP contribution in [0.4, 0.5) is 0 Å². The van der Waals surface area contributed by atoms with E-state index in [2.05, 4.69) is 0 Å². The molecule has 0 amide bonds. The van der Waals surface area contributed by atoms with Crippen molar-refractivity contribution >= 4 is 47.4 Å². The highest BCUT2D eigenvalue weighted by Crippen LogP contribution is 2.50. The average Bonchev–Trinajstić information content (AvgIpc) is 2.79. The topological polar surface area (TPSA) is 105 Å². The van der Waals surface area contributed by atoms with Crippen LogP contribution in [0.3, 0.4) is 0 Å². The van der Waals surface area contributed by atoms with Gasteiger partial charge in [0.15, 0.2) is 0 Å². The second-order valence-corrected chi connectivity index (χ2v) is 9.14. The molecule has 2 heterocycles. The van der Waals surface area contributed by atoms with Crippen LogP contribution >= 0.6 is 23.5 Å². The van der Waals surface area contributed by atoms with Gasteiger partial charge >= 0.3 is 23.9 Å². The molecule has 0 spiro atoms. The molecule has 0 aliphatic carbocycles. The fourth-order valence-corrected chi connectivity index (χ4v) is 6.71. The summed E-state index contributed by atoms with van der Waals surface area (Å²) in [5.41, 5.74) is 1.75. The number of rotatable bonds is 4. The number of ether oxygens (including phenoxy) is 4. The molecule has 4 unspecified atom stereocenters. The molecule has 2 aliphatic heterocycles. The highest BCUT2D eigenvalue weighted by atomic mass is 32.2. The molecule has 0 bridgehead atoms. The molecule has 162 valence electrons. The van der Waals surface area contributed by atoms with Crippen molar-refractivity contribution in [1.82, 2.24) is 0 Å². The van der Waals surface area contributed by atoms with Crippen LogP contribution in [0.25, 0.3) is 0 Å². The standard InChI is InChI=1S/C20H22O8S2/c1-25-17(21)11-7-9-5-6-10-8-12(18(22)26-2)16(20(24)28-4)30-14(10)13(9)29-15(11)19(23)27-3/h5-6,11-12,15-16H,7-8H2,1-4H3. The summed E-state index contributed by atoms with van der Waals surface area (Å²) in [7, 11) is 5.12. The van der Waals surface area contributed by atoms with E-state index in [1.165, 1.54) is 52.0 Å². The molecular formula is C20H22O8S2. The minimum Gasteiger partial charge on any atom is -0.469 e. The molecule has 0 radical (unpaired) electrons. The molecule has 10 heteroatoms.